The van der Waals surface area contributed by atoms with Crippen molar-refractivity contribution in [1.82, 2.24) is 14.8 Å². The van der Waals surface area contributed by atoms with Crippen LogP contribution < -0.4 is 0 Å². The SMILES string of the molecule is C/C(=C\c1ccccc1)CN1CCN(Cc2cccc(C)n2)[C@@H](CCO)C1. The van der Waals surface area contributed by atoms with E-state index in [4.69, 9.17) is 0 Å². The van der Waals surface area contributed by atoms with Crippen LogP contribution in [0.5, 0.6) is 0 Å². The van der Waals surface area contributed by atoms with Gasteiger partial charge in [-0.3, -0.25) is 14.8 Å². The van der Waals surface area contributed by atoms with Crippen molar-refractivity contribution in [3.05, 3.63) is 71.1 Å². The summed E-state index contributed by atoms with van der Waals surface area (Å²) in [6, 6.07) is 17.1. The number of aromatic nitrogens is 1. The highest BCUT2D eigenvalue weighted by Crippen LogP contribution is 2.18. The Kier molecular flexibility index (Phi) is 7.16. The van der Waals surface area contributed by atoms with Crippen LogP contribution in [0.15, 0.2) is 54.1 Å². The maximum absolute atomic E-state index is 9.54. The molecule has 1 aromatic carbocycles. The van der Waals surface area contributed by atoms with Gasteiger partial charge < -0.3 is 5.11 Å². The lowest BCUT2D eigenvalue weighted by Gasteiger charge is -2.41. The van der Waals surface area contributed by atoms with Gasteiger partial charge in [0, 0.05) is 51.1 Å². The number of rotatable bonds is 7. The van der Waals surface area contributed by atoms with Crippen LogP contribution in [0.4, 0.5) is 0 Å². The number of hydrogen-bond acceptors (Lipinski definition) is 4. The van der Waals surface area contributed by atoms with Crippen LogP contribution in [0.2, 0.25) is 0 Å². The monoisotopic (exact) mass is 365 g/mol. The second kappa shape index (κ2) is 9.79. The standard InChI is InChI=1S/C23H31N3O/c1-19(15-21-8-4-3-5-9-21)16-25-12-13-26(23(18-25)11-14-27)17-22-10-6-7-20(2)24-22/h3-10,15,23,27H,11-14,16-18H2,1-2H3/b19-15+/t23-/m0/s1. The first-order valence-corrected chi connectivity index (χ1v) is 9.86. The molecular formula is C23H31N3O. The summed E-state index contributed by atoms with van der Waals surface area (Å²) in [6.45, 7) is 9.37. The van der Waals surface area contributed by atoms with E-state index in [0.717, 1.165) is 50.5 Å². The zero-order chi connectivity index (χ0) is 19.1. The van der Waals surface area contributed by atoms with Gasteiger partial charge in [0.1, 0.15) is 0 Å². The molecule has 3 rings (SSSR count). The quantitative estimate of drug-likeness (QED) is 0.817. The molecule has 0 amide bonds. The summed E-state index contributed by atoms with van der Waals surface area (Å²) in [7, 11) is 0. The largest absolute Gasteiger partial charge is 0.396 e. The van der Waals surface area contributed by atoms with E-state index in [1.54, 1.807) is 0 Å². The molecule has 2 aromatic rings. The molecule has 0 aliphatic carbocycles. The molecule has 1 saturated heterocycles. The van der Waals surface area contributed by atoms with Crippen LogP contribution >= 0.6 is 0 Å². The van der Waals surface area contributed by atoms with E-state index >= 15 is 0 Å². The minimum absolute atomic E-state index is 0.231. The Hall–Kier alpha value is -2.01. The lowest BCUT2D eigenvalue weighted by Crippen LogP contribution is -2.53. The molecule has 144 valence electrons. The summed E-state index contributed by atoms with van der Waals surface area (Å²) in [5.74, 6) is 0. The zero-order valence-corrected chi connectivity index (χ0v) is 16.5. The van der Waals surface area contributed by atoms with E-state index in [0.29, 0.717) is 6.04 Å². The van der Waals surface area contributed by atoms with Crippen molar-refractivity contribution in [2.24, 2.45) is 0 Å². The van der Waals surface area contributed by atoms with Crippen molar-refractivity contribution in [2.75, 3.05) is 32.8 Å². The van der Waals surface area contributed by atoms with Gasteiger partial charge in [-0.1, -0.05) is 48.0 Å². The molecule has 0 unspecified atom stereocenters. The molecule has 1 aliphatic heterocycles. The highest BCUT2D eigenvalue weighted by molar-refractivity contribution is 5.52. The van der Waals surface area contributed by atoms with Gasteiger partial charge >= 0.3 is 0 Å². The summed E-state index contributed by atoms with van der Waals surface area (Å²) in [6.07, 6.45) is 3.08. The van der Waals surface area contributed by atoms with Gasteiger partial charge in [0.15, 0.2) is 0 Å². The van der Waals surface area contributed by atoms with E-state index in [9.17, 15) is 5.11 Å². The third kappa shape index (κ3) is 5.99. The van der Waals surface area contributed by atoms with Crippen molar-refractivity contribution in [3.63, 3.8) is 0 Å². The number of aliphatic hydroxyl groups is 1. The molecule has 4 heteroatoms. The van der Waals surface area contributed by atoms with Gasteiger partial charge in [-0.25, -0.2) is 0 Å². The second-order valence-corrected chi connectivity index (χ2v) is 7.54. The number of nitrogens with zero attached hydrogens (tertiary/aromatic N) is 3. The Morgan fingerprint density at radius 2 is 1.96 bits per heavy atom. The van der Waals surface area contributed by atoms with Crippen molar-refractivity contribution in [2.45, 2.75) is 32.9 Å². The maximum Gasteiger partial charge on any atom is 0.0547 e. The van der Waals surface area contributed by atoms with E-state index in [2.05, 4.69) is 70.2 Å². The molecule has 0 spiro atoms. The molecule has 4 nitrogen and oxygen atoms in total. The van der Waals surface area contributed by atoms with Crippen molar-refractivity contribution in [1.29, 1.82) is 0 Å². The molecule has 0 radical (unpaired) electrons. The predicted octanol–water partition coefficient (Wildman–Crippen LogP) is 3.36. The minimum atomic E-state index is 0.231. The summed E-state index contributed by atoms with van der Waals surface area (Å²) in [5, 5.41) is 9.54. The first-order valence-electron chi connectivity index (χ1n) is 9.86. The fourth-order valence-electron chi connectivity index (χ4n) is 3.86. The number of piperazine rings is 1. The lowest BCUT2D eigenvalue weighted by molar-refractivity contribution is 0.0576. The third-order valence-corrected chi connectivity index (χ3v) is 5.15. The minimum Gasteiger partial charge on any atom is -0.396 e. The smallest absolute Gasteiger partial charge is 0.0547 e. The maximum atomic E-state index is 9.54. The van der Waals surface area contributed by atoms with E-state index in [-0.39, 0.29) is 6.61 Å². The average Bonchev–Trinajstić information content (AvgIpc) is 2.65. The number of hydrogen-bond donors (Lipinski definition) is 1. The van der Waals surface area contributed by atoms with Gasteiger partial charge in [-0.05, 0) is 38.0 Å². The number of pyridine rings is 1. The van der Waals surface area contributed by atoms with Crippen molar-refractivity contribution in [3.8, 4) is 0 Å². The Morgan fingerprint density at radius 1 is 1.15 bits per heavy atom. The van der Waals surface area contributed by atoms with Crippen LogP contribution in [-0.4, -0.2) is 58.7 Å². The third-order valence-electron chi connectivity index (χ3n) is 5.15. The van der Waals surface area contributed by atoms with Crippen LogP contribution in [0.1, 0.15) is 30.3 Å². The Balaban J connectivity index is 1.60. The zero-order valence-electron chi connectivity index (χ0n) is 16.5. The summed E-state index contributed by atoms with van der Waals surface area (Å²) < 4.78 is 0. The van der Waals surface area contributed by atoms with E-state index < -0.39 is 0 Å². The highest BCUT2D eigenvalue weighted by Gasteiger charge is 2.26. The molecule has 1 atom stereocenters. The molecule has 1 aliphatic rings. The molecule has 1 fully saturated rings. The Bertz CT molecular complexity index is 744. The Morgan fingerprint density at radius 3 is 2.70 bits per heavy atom. The van der Waals surface area contributed by atoms with Crippen LogP contribution in [0.25, 0.3) is 6.08 Å². The summed E-state index contributed by atoms with van der Waals surface area (Å²) in [5.41, 5.74) is 4.81. The van der Waals surface area contributed by atoms with Crippen LogP contribution in [0, 0.1) is 6.92 Å². The lowest BCUT2D eigenvalue weighted by atomic mass is 10.1. The number of aryl methyl sites for hydroxylation is 1. The molecule has 0 saturated carbocycles. The van der Waals surface area contributed by atoms with Gasteiger partial charge in [0.05, 0.1) is 5.69 Å². The van der Waals surface area contributed by atoms with E-state index in [1.165, 1.54) is 11.1 Å². The highest BCUT2D eigenvalue weighted by atomic mass is 16.3. The van der Waals surface area contributed by atoms with Crippen LogP contribution in [-0.2, 0) is 6.54 Å². The molecule has 1 aromatic heterocycles. The molecule has 1 N–H and O–H groups in total. The topological polar surface area (TPSA) is 39.6 Å². The fraction of sp³-hybridized carbons (Fsp3) is 0.435. The summed E-state index contributed by atoms with van der Waals surface area (Å²) >= 11 is 0. The van der Waals surface area contributed by atoms with Crippen molar-refractivity contribution < 1.29 is 5.11 Å². The van der Waals surface area contributed by atoms with Gasteiger partial charge in [-0.15, -0.1) is 0 Å². The fourth-order valence-corrected chi connectivity index (χ4v) is 3.86. The van der Waals surface area contributed by atoms with E-state index in [1.807, 2.05) is 13.0 Å². The van der Waals surface area contributed by atoms with Gasteiger partial charge in [0.25, 0.3) is 0 Å². The number of aliphatic hydroxyl groups excluding tert-OH is 1. The molecule has 2 heterocycles. The van der Waals surface area contributed by atoms with Crippen molar-refractivity contribution >= 4 is 6.08 Å². The van der Waals surface area contributed by atoms with Crippen LogP contribution in [0.3, 0.4) is 0 Å². The van der Waals surface area contributed by atoms with Gasteiger partial charge in [-0.2, -0.15) is 0 Å². The predicted molar refractivity (Wildman–Crippen MR) is 111 cm³/mol. The molecule has 27 heavy (non-hydrogen) atoms. The normalized spacial score (nSPS) is 19.4. The molecule has 0 bridgehead atoms. The Labute approximate surface area is 163 Å². The summed E-state index contributed by atoms with van der Waals surface area (Å²) in [4.78, 5) is 9.64. The second-order valence-electron chi connectivity index (χ2n) is 7.54. The average molecular weight is 366 g/mol. The first-order chi connectivity index (χ1) is 13.1. The molecular weight excluding hydrogens is 334 g/mol. The van der Waals surface area contributed by atoms with Gasteiger partial charge in [0.2, 0.25) is 0 Å². The number of benzene rings is 1. The first kappa shape index (κ1) is 19.7.